The van der Waals surface area contributed by atoms with Crippen LogP contribution in [0, 0.1) is 6.92 Å². The lowest BCUT2D eigenvalue weighted by atomic mass is 9.99. The molecule has 0 bridgehead atoms. The van der Waals surface area contributed by atoms with Gasteiger partial charge in [-0.1, -0.05) is 30.3 Å². The van der Waals surface area contributed by atoms with Crippen LogP contribution in [0.15, 0.2) is 42.5 Å². The Hall–Kier alpha value is -2.76. The van der Waals surface area contributed by atoms with Crippen LogP contribution in [0.1, 0.15) is 21.6 Å². The normalized spacial score (nSPS) is 11.8. The Kier molecular flexibility index (Phi) is 3.39. The van der Waals surface area contributed by atoms with Crippen molar-refractivity contribution in [2.75, 3.05) is 0 Å². The maximum atomic E-state index is 12.9. The summed E-state index contributed by atoms with van der Waals surface area (Å²) in [7, 11) is 0. The first-order chi connectivity index (χ1) is 10.8. The molecule has 118 valence electrons. The van der Waals surface area contributed by atoms with Crippen LogP contribution in [0.4, 0.5) is 13.2 Å². The first kappa shape index (κ1) is 15.1. The number of halogens is 3. The number of aromatic amines is 1. The molecule has 0 aliphatic carbocycles. The second-order valence-electron chi connectivity index (χ2n) is 5.26. The van der Waals surface area contributed by atoms with Crippen molar-refractivity contribution < 1.29 is 23.1 Å². The maximum Gasteiger partial charge on any atom is 0.416 e. The molecule has 0 fully saturated rings. The number of H-pyrrole nitrogens is 1. The molecule has 0 atom stereocenters. The molecular formula is C17H12F3NO2. The van der Waals surface area contributed by atoms with E-state index in [1.165, 1.54) is 12.1 Å². The number of rotatable bonds is 2. The number of aromatic nitrogens is 1. The van der Waals surface area contributed by atoms with Crippen LogP contribution in [-0.4, -0.2) is 16.1 Å². The third-order valence-corrected chi connectivity index (χ3v) is 3.73. The lowest BCUT2D eigenvalue weighted by molar-refractivity contribution is -0.137. The third kappa shape index (κ3) is 2.56. The highest BCUT2D eigenvalue weighted by Gasteiger charge is 2.31. The van der Waals surface area contributed by atoms with E-state index < -0.39 is 17.7 Å². The molecule has 2 aromatic carbocycles. The Balaban J connectivity index is 2.33. The van der Waals surface area contributed by atoms with E-state index in [1.54, 1.807) is 25.1 Å². The fourth-order valence-electron chi connectivity index (χ4n) is 2.68. The smallest absolute Gasteiger partial charge is 0.416 e. The SMILES string of the molecule is Cc1cccc2c(-c3cccc(C(F)(F)F)c3)c(C(=O)O)[nH]c12. The van der Waals surface area contributed by atoms with E-state index in [0.29, 0.717) is 10.9 Å². The summed E-state index contributed by atoms with van der Waals surface area (Å²) in [6.45, 7) is 1.81. The number of carboxylic acid groups (broad SMARTS) is 1. The van der Waals surface area contributed by atoms with Gasteiger partial charge in [0.25, 0.3) is 0 Å². The Morgan fingerprint density at radius 1 is 1.13 bits per heavy atom. The van der Waals surface area contributed by atoms with Gasteiger partial charge < -0.3 is 10.1 Å². The summed E-state index contributed by atoms with van der Waals surface area (Å²) < 4.78 is 38.8. The highest BCUT2D eigenvalue weighted by atomic mass is 19.4. The number of carboxylic acids is 1. The van der Waals surface area contributed by atoms with Crippen LogP contribution in [0.5, 0.6) is 0 Å². The van der Waals surface area contributed by atoms with E-state index in [9.17, 15) is 23.1 Å². The van der Waals surface area contributed by atoms with E-state index in [1.807, 2.05) is 0 Å². The predicted molar refractivity (Wildman–Crippen MR) is 80.4 cm³/mol. The number of benzene rings is 2. The summed E-state index contributed by atoms with van der Waals surface area (Å²) in [5.74, 6) is -1.21. The van der Waals surface area contributed by atoms with Crippen molar-refractivity contribution in [3.63, 3.8) is 0 Å². The monoisotopic (exact) mass is 319 g/mol. The number of hydrogen-bond donors (Lipinski definition) is 2. The highest BCUT2D eigenvalue weighted by molar-refractivity contribution is 6.08. The Morgan fingerprint density at radius 2 is 1.83 bits per heavy atom. The minimum absolute atomic E-state index is 0.117. The highest BCUT2D eigenvalue weighted by Crippen LogP contribution is 2.37. The summed E-state index contributed by atoms with van der Waals surface area (Å²) in [5.41, 5.74) is 0.985. The van der Waals surface area contributed by atoms with Crippen molar-refractivity contribution in [1.82, 2.24) is 4.98 Å². The number of aromatic carboxylic acids is 1. The zero-order valence-electron chi connectivity index (χ0n) is 12.0. The van der Waals surface area contributed by atoms with Crippen LogP contribution in [-0.2, 0) is 6.18 Å². The number of carbonyl (C=O) groups is 1. The maximum absolute atomic E-state index is 12.9. The van der Waals surface area contributed by atoms with E-state index in [0.717, 1.165) is 17.7 Å². The molecule has 0 aliphatic rings. The first-order valence-corrected chi connectivity index (χ1v) is 6.81. The summed E-state index contributed by atoms with van der Waals surface area (Å²) in [6, 6.07) is 9.93. The molecule has 0 aliphatic heterocycles. The van der Waals surface area contributed by atoms with Crippen molar-refractivity contribution in [3.05, 3.63) is 59.3 Å². The molecule has 6 heteroatoms. The van der Waals surface area contributed by atoms with Gasteiger partial charge >= 0.3 is 12.1 Å². The molecule has 23 heavy (non-hydrogen) atoms. The van der Waals surface area contributed by atoms with Crippen LogP contribution < -0.4 is 0 Å². The van der Waals surface area contributed by atoms with Crippen molar-refractivity contribution in [3.8, 4) is 11.1 Å². The second-order valence-corrected chi connectivity index (χ2v) is 5.26. The summed E-state index contributed by atoms with van der Waals surface area (Å²) in [4.78, 5) is 14.3. The van der Waals surface area contributed by atoms with Crippen LogP contribution in [0.2, 0.25) is 0 Å². The van der Waals surface area contributed by atoms with Crippen molar-refractivity contribution in [2.45, 2.75) is 13.1 Å². The molecule has 1 aromatic heterocycles. The van der Waals surface area contributed by atoms with E-state index in [-0.39, 0.29) is 16.8 Å². The molecule has 2 N–H and O–H groups in total. The molecule has 0 saturated heterocycles. The summed E-state index contributed by atoms with van der Waals surface area (Å²) in [6.07, 6.45) is -4.48. The van der Waals surface area contributed by atoms with Gasteiger partial charge in [-0.2, -0.15) is 13.2 Å². The van der Waals surface area contributed by atoms with Gasteiger partial charge in [-0.25, -0.2) is 4.79 Å². The number of aryl methyl sites for hydroxylation is 1. The number of para-hydroxylation sites is 1. The van der Waals surface area contributed by atoms with Gasteiger partial charge in [0.05, 0.1) is 5.56 Å². The largest absolute Gasteiger partial charge is 0.477 e. The van der Waals surface area contributed by atoms with Crippen molar-refractivity contribution >= 4 is 16.9 Å². The van der Waals surface area contributed by atoms with Gasteiger partial charge in [-0.05, 0) is 30.2 Å². The first-order valence-electron chi connectivity index (χ1n) is 6.81. The number of hydrogen-bond acceptors (Lipinski definition) is 1. The molecule has 3 nitrogen and oxygen atoms in total. The van der Waals surface area contributed by atoms with E-state index in [4.69, 9.17) is 0 Å². The average molecular weight is 319 g/mol. The average Bonchev–Trinajstić information content (AvgIpc) is 2.88. The van der Waals surface area contributed by atoms with Crippen LogP contribution in [0.3, 0.4) is 0 Å². The predicted octanol–water partition coefficient (Wildman–Crippen LogP) is 4.86. The summed E-state index contributed by atoms with van der Waals surface area (Å²) >= 11 is 0. The zero-order chi connectivity index (χ0) is 16.8. The Labute approximate surface area is 129 Å². The lowest BCUT2D eigenvalue weighted by Crippen LogP contribution is -2.05. The van der Waals surface area contributed by atoms with Gasteiger partial charge in [-0.3, -0.25) is 0 Å². The van der Waals surface area contributed by atoms with Crippen LogP contribution >= 0.6 is 0 Å². The topological polar surface area (TPSA) is 53.1 Å². The molecule has 3 rings (SSSR count). The van der Waals surface area contributed by atoms with Crippen molar-refractivity contribution in [1.29, 1.82) is 0 Å². The molecule has 0 spiro atoms. The standard InChI is InChI=1S/C17H12F3NO2/c1-9-4-2-7-12-13(15(16(22)23)21-14(9)12)10-5-3-6-11(8-10)17(18,19)20/h2-8,21H,1H3,(H,22,23). The molecule has 3 aromatic rings. The third-order valence-electron chi connectivity index (χ3n) is 3.73. The van der Waals surface area contributed by atoms with Gasteiger partial charge in [0.2, 0.25) is 0 Å². The number of alkyl halides is 3. The molecule has 0 radical (unpaired) electrons. The molecular weight excluding hydrogens is 307 g/mol. The fraction of sp³-hybridized carbons (Fsp3) is 0.118. The minimum Gasteiger partial charge on any atom is -0.477 e. The Morgan fingerprint density at radius 3 is 2.48 bits per heavy atom. The molecule has 0 amide bonds. The van der Waals surface area contributed by atoms with Crippen molar-refractivity contribution in [2.24, 2.45) is 0 Å². The molecule has 0 saturated carbocycles. The zero-order valence-corrected chi connectivity index (χ0v) is 12.0. The van der Waals surface area contributed by atoms with E-state index in [2.05, 4.69) is 4.98 Å². The minimum atomic E-state index is -4.48. The van der Waals surface area contributed by atoms with Gasteiger partial charge in [0.15, 0.2) is 0 Å². The van der Waals surface area contributed by atoms with Gasteiger partial charge in [-0.15, -0.1) is 0 Å². The van der Waals surface area contributed by atoms with E-state index >= 15 is 0 Å². The van der Waals surface area contributed by atoms with Gasteiger partial charge in [0, 0.05) is 16.5 Å². The summed E-state index contributed by atoms with van der Waals surface area (Å²) in [5, 5.41) is 9.98. The lowest BCUT2D eigenvalue weighted by Gasteiger charge is -2.09. The molecule has 1 heterocycles. The second kappa shape index (κ2) is 5.15. The number of fused-ring (bicyclic) bond motifs is 1. The fourth-order valence-corrected chi connectivity index (χ4v) is 2.68. The van der Waals surface area contributed by atoms with Gasteiger partial charge in [0.1, 0.15) is 5.69 Å². The quantitative estimate of drug-likeness (QED) is 0.708. The Bertz CT molecular complexity index is 910. The van der Waals surface area contributed by atoms with Crippen LogP contribution in [0.25, 0.3) is 22.0 Å². The molecule has 0 unspecified atom stereocenters. The number of nitrogens with one attached hydrogen (secondary N) is 1.